The Morgan fingerprint density at radius 1 is 1.41 bits per heavy atom. The van der Waals surface area contributed by atoms with E-state index in [0.29, 0.717) is 13.1 Å². The Hall–Kier alpha value is -1.20. The average molecular weight is 245 g/mol. The SMILES string of the molecule is CCNCC(C)(O)COc1cc(F)ccc1F. The van der Waals surface area contributed by atoms with Gasteiger partial charge < -0.3 is 15.2 Å². The zero-order valence-electron chi connectivity index (χ0n) is 9.96. The van der Waals surface area contributed by atoms with Crippen LogP contribution in [0.4, 0.5) is 8.78 Å². The molecule has 0 saturated carbocycles. The molecule has 1 aromatic carbocycles. The van der Waals surface area contributed by atoms with Crippen molar-refractivity contribution in [2.75, 3.05) is 19.7 Å². The summed E-state index contributed by atoms with van der Waals surface area (Å²) in [5.74, 6) is -1.42. The van der Waals surface area contributed by atoms with Gasteiger partial charge in [-0.05, 0) is 25.6 Å². The molecule has 0 amide bonds. The van der Waals surface area contributed by atoms with Crippen LogP contribution in [0.25, 0.3) is 0 Å². The topological polar surface area (TPSA) is 41.5 Å². The largest absolute Gasteiger partial charge is 0.487 e. The minimum atomic E-state index is -1.13. The van der Waals surface area contributed by atoms with Crippen LogP contribution in [0.3, 0.4) is 0 Å². The van der Waals surface area contributed by atoms with Gasteiger partial charge in [0.15, 0.2) is 11.6 Å². The molecule has 0 radical (unpaired) electrons. The first-order chi connectivity index (χ1) is 7.94. The van der Waals surface area contributed by atoms with E-state index in [4.69, 9.17) is 4.74 Å². The van der Waals surface area contributed by atoms with E-state index in [-0.39, 0.29) is 12.4 Å². The summed E-state index contributed by atoms with van der Waals surface area (Å²) < 4.78 is 31.1. The molecule has 5 heteroatoms. The van der Waals surface area contributed by atoms with E-state index in [1.807, 2.05) is 6.92 Å². The third-order valence-corrected chi connectivity index (χ3v) is 2.19. The summed E-state index contributed by atoms with van der Waals surface area (Å²) in [5.41, 5.74) is -1.13. The van der Waals surface area contributed by atoms with Gasteiger partial charge in [-0.25, -0.2) is 8.78 Å². The van der Waals surface area contributed by atoms with Crippen LogP contribution >= 0.6 is 0 Å². The fraction of sp³-hybridized carbons (Fsp3) is 0.500. The summed E-state index contributed by atoms with van der Waals surface area (Å²) in [4.78, 5) is 0. The lowest BCUT2D eigenvalue weighted by molar-refractivity contribution is 0.0115. The van der Waals surface area contributed by atoms with Gasteiger partial charge >= 0.3 is 0 Å². The molecule has 0 heterocycles. The van der Waals surface area contributed by atoms with E-state index < -0.39 is 17.2 Å². The normalized spacial score (nSPS) is 14.4. The number of halogens is 2. The van der Waals surface area contributed by atoms with Crippen LogP contribution in [-0.4, -0.2) is 30.4 Å². The molecule has 0 aliphatic carbocycles. The van der Waals surface area contributed by atoms with Gasteiger partial charge in [-0.2, -0.15) is 0 Å². The van der Waals surface area contributed by atoms with E-state index in [9.17, 15) is 13.9 Å². The molecule has 0 bridgehead atoms. The van der Waals surface area contributed by atoms with Crippen LogP contribution in [0.15, 0.2) is 18.2 Å². The summed E-state index contributed by atoms with van der Waals surface area (Å²) in [5, 5.41) is 12.8. The maximum Gasteiger partial charge on any atom is 0.165 e. The lowest BCUT2D eigenvalue weighted by Gasteiger charge is -2.23. The number of benzene rings is 1. The molecular weight excluding hydrogens is 228 g/mol. The van der Waals surface area contributed by atoms with Gasteiger partial charge in [-0.15, -0.1) is 0 Å². The Bertz CT molecular complexity index is 370. The van der Waals surface area contributed by atoms with Crippen molar-refractivity contribution >= 4 is 0 Å². The molecule has 1 aromatic rings. The lowest BCUT2D eigenvalue weighted by atomic mass is 10.1. The third-order valence-electron chi connectivity index (χ3n) is 2.19. The molecule has 2 N–H and O–H groups in total. The second kappa shape index (κ2) is 5.93. The van der Waals surface area contributed by atoms with Crippen LogP contribution in [0.2, 0.25) is 0 Å². The highest BCUT2D eigenvalue weighted by Gasteiger charge is 2.21. The smallest absolute Gasteiger partial charge is 0.165 e. The zero-order valence-corrected chi connectivity index (χ0v) is 9.96. The molecule has 0 fully saturated rings. The van der Waals surface area contributed by atoms with Crippen molar-refractivity contribution in [2.24, 2.45) is 0 Å². The first-order valence-electron chi connectivity index (χ1n) is 5.45. The van der Waals surface area contributed by atoms with Crippen LogP contribution in [0.5, 0.6) is 5.75 Å². The van der Waals surface area contributed by atoms with Gasteiger partial charge in [-0.1, -0.05) is 6.92 Å². The Balaban J connectivity index is 2.57. The average Bonchev–Trinajstić information content (AvgIpc) is 2.28. The van der Waals surface area contributed by atoms with Crippen LogP contribution in [0, 0.1) is 11.6 Å². The molecule has 17 heavy (non-hydrogen) atoms. The van der Waals surface area contributed by atoms with Crippen molar-refractivity contribution < 1.29 is 18.6 Å². The van der Waals surface area contributed by atoms with E-state index in [1.165, 1.54) is 0 Å². The summed E-state index contributed by atoms with van der Waals surface area (Å²) >= 11 is 0. The van der Waals surface area contributed by atoms with Gasteiger partial charge in [0.2, 0.25) is 0 Å². The van der Waals surface area contributed by atoms with Gasteiger partial charge in [0, 0.05) is 12.6 Å². The summed E-state index contributed by atoms with van der Waals surface area (Å²) in [6.45, 7) is 4.39. The molecule has 0 aliphatic rings. The maximum atomic E-state index is 13.2. The standard InChI is InChI=1S/C12H17F2NO2/c1-3-15-7-12(2,16)8-17-11-6-9(13)4-5-10(11)14/h4-6,15-16H,3,7-8H2,1-2H3. The Morgan fingerprint density at radius 3 is 2.76 bits per heavy atom. The van der Waals surface area contributed by atoms with Crippen molar-refractivity contribution in [1.82, 2.24) is 5.32 Å². The lowest BCUT2D eigenvalue weighted by Crippen LogP contribution is -2.42. The van der Waals surface area contributed by atoms with Crippen molar-refractivity contribution in [3.05, 3.63) is 29.8 Å². The summed E-state index contributed by atoms with van der Waals surface area (Å²) in [6, 6.07) is 2.96. The molecular formula is C12H17F2NO2. The molecule has 0 spiro atoms. The number of rotatable bonds is 6. The Labute approximate surface area is 99.4 Å². The van der Waals surface area contributed by atoms with Gasteiger partial charge in [-0.3, -0.25) is 0 Å². The maximum absolute atomic E-state index is 13.2. The van der Waals surface area contributed by atoms with Crippen molar-refractivity contribution in [1.29, 1.82) is 0 Å². The molecule has 1 rings (SSSR count). The first kappa shape index (κ1) is 13.9. The van der Waals surface area contributed by atoms with Crippen LogP contribution < -0.4 is 10.1 Å². The molecule has 0 aliphatic heterocycles. The number of likely N-dealkylation sites (N-methyl/N-ethyl adjacent to an activating group) is 1. The highest BCUT2D eigenvalue weighted by molar-refractivity contribution is 5.24. The predicted molar refractivity (Wildman–Crippen MR) is 61.0 cm³/mol. The summed E-state index contributed by atoms with van der Waals surface area (Å²) in [6.07, 6.45) is 0. The van der Waals surface area contributed by atoms with E-state index in [0.717, 1.165) is 18.2 Å². The minimum absolute atomic E-state index is 0.111. The van der Waals surface area contributed by atoms with Crippen molar-refractivity contribution in [2.45, 2.75) is 19.4 Å². The zero-order chi connectivity index (χ0) is 12.9. The van der Waals surface area contributed by atoms with Gasteiger partial charge in [0.1, 0.15) is 18.0 Å². The fourth-order valence-electron chi connectivity index (χ4n) is 1.27. The molecule has 0 aromatic heterocycles. The van der Waals surface area contributed by atoms with Crippen molar-refractivity contribution in [3.8, 4) is 5.75 Å². The summed E-state index contributed by atoms with van der Waals surface area (Å²) in [7, 11) is 0. The number of hydrogen-bond acceptors (Lipinski definition) is 3. The fourth-order valence-corrected chi connectivity index (χ4v) is 1.27. The monoisotopic (exact) mass is 245 g/mol. The Kier molecular flexibility index (Phi) is 4.84. The molecule has 96 valence electrons. The Morgan fingerprint density at radius 2 is 2.12 bits per heavy atom. The molecule has 1 atom stereocenters. The van der Waals surface area contributed by atoms with Gasteiger partial charge in [0.25, 0.3) is 0 Å². The van der Waals surface area contributed by atoms with Crippen molar-refractivity contribution in [3.63, 3.8) is 0 Å². The second-order valence-electron chi connectivity index (χ2n) is 4.14. The first-order valence-corrected chi connectivity index (χ1v) is 5.45. The minimum Gasteiger partial charge on any atom is -0.487 e. The number of ether oxygens (including phenoxy) is 1. The highest BCUT2D eigenvalue weighted by atomic mass is 19.1. The number of hydrogen-bond donors (Lipinski definition) is 2. The van der Waals surface area contributed by atoms with E-state index in [2.05, 4.69) is 5.32 Å². The second-order valence-corrected chi connectivity index (χ2v) is 4.14. The van der Waals surface area contributed by atoms with E-state index >= 15 is 0 Å². The quantitative estimate of drug-likeness (QED) is 0.801. The number of aliphatic hydroxyl groups is 1. The van der Waals surface area contributed by atoms with Crippen LogP contribution in [0.1, 0.15) is 13.8 Å². The van der Waals surface area contributed by atoms with E-state index in [1.54, 1.807) is 6.92 Å². The number of nitrogens with one attached hydrogen (secondary N) is 1. The highest BCUT2D eigenvalue weighted by Crippen LogP contribution is 2.19. The molecule has 3 nitrogen and oxygen atoms in total. The van der Waals surface area contributed by atoms with Crippen LogP contribution in [-0.2, 0) is 0 Å². The third kappa shape index (κ3) is 4.66. The van der Waals surface area contributed by atoms with Gasteiger partial charge in [0.05, 0.1) is 0 Å². The molecule has 0 saturated heterocycles. The molecule has 1 unspecified atom stereocenters. The predicted octanol–water partition coefficient (Wildman–Crippen LogP) is 1.70.